The van der Waals surface area contributed by atoms with E-state index in [9.17, 15) is 4.79 Å². The Kier molecular flexibility index (Phi) is 3.55. The number of nitriles is 1. The SMILES string of the molecule is N#CC1=CCOc2cc(C(=O)N[C@H]3C[C@@H]4CCN(C4)C3)ccc21. The Morgan fingerprint density at radius 1 is 1.39 bits per heavy atom. The van der Waals surface area contributed by atoms with E-state index in [4.69, 9.17) is 10.00 Å². The standard InChI is InChI=1S/C18H19N3O2/c19-9-14-4-6-23-17-8-13(1-2-16(14)17)18(22)20-15-7-12-3-5-21(10-12)11-15/h1-2,4,8,12,15H,3,5-7,10-11H2,(H,20,22)/t12-,15-/m0/s1. The molecular formula is C18H19N3O2. The lowest BCUT2D eigenvalue weighted by Gasteiger charge is -2.30. The van der Waals surface area contributed by atoms with Crippen molar-refractivity contribution in [1.29, 1.82) is 5.26 Å². The summed E-state index contributed by atoms with van der Waals surface area (Å²) in [6.45, 7) is 3.67. The number of ether oxygens (including phenoxy) is 1. The number of carbonyl (C=O) groups excluding carboxylic acids is 1. The van der Waals surface area contributed by atoms with Crippen molar-refractivity contribution in [1.82, 2.24) is 10.2 Å². The second-order valence-corrected chi connectivity index (χ2v) is 6.57. The molecule has 1 N–H and O–H groups in total. The molecule has 0 radical (unpaired) electrons. The second-order valence-electron chi connectivity index (χ2n) is 6.57. The fourth-order valence-electron chi connectivity index (χ4n) is 3.87. The highest BCUT2D eigenvalue weighted by Crippen LogP contribution is 2.31. The fraction of sp³-hybridized carbons (Fsp3) is 0.444. The van der Waals surface area contributed by atoms with Crippen molar-refractivity contribution in [2.45, 2.75) is 18.9 Å². The number of piperidine rings is 1. The van der Waals surface area contributed by atoms with Gasteiger partial charge in [-0.15, -0.1) is 0 Å². The number of allylic oxidation sites excluding steroid dienone is 1. The van der Waals surface area contributed by atoms with Gasteiger partial charge in [0.15, 0.2) is 0 Å². The number of rotatable bonds is 2. The zero-order valence-corrected chi connectivity index (χ0v) is 12.9. The molecule has 0 spiro atoms. The maximum absolute atomic E-state index is 12.5. The zero-order chi connectivity index (χ0) is 15.8. The molecule has 0 aromatic heterocycles. The number of benzene rings is 1. The summed E-state index contributed by atoms with van der Waals surface area (Å²) in [5, 5.41) is 12.3. The molecule has 5 heteroatoms. The van der Waals surface area contributed by atoms with Crippen LogP contribution in [0.2, 0.25) is 0 Å². The molecule has 1 aromatic carbocycles. The predicted molar refractivity (Wildman–Crippen MR) is 85.9 cm³/mol. The zero-order valence-electron chi connectivity index (χ0n) is 12.9. The van der Waals surface area contributed by atoms with Crippen LogP contribution in [0.25, 0.3) is 5.57 Å². The molecule has 1 aromatic rings. The molecule has 4 rings (SSSR count). The van der Waals surface area contributed by atoms with Gasteiger partial charge in [0.2, 0.25) is 0 Å². The van der Waals surface area contributed by atoms with Crippen LogP contribution in [0.5, 0.6) is 5.75 Å². The van der Waals surface area contributed by atoms with Crippen LogP contribution < -0.4 is 10.1 Å². The highest BCUT2D eigenvalue weighted by molar-refractivity contribution is 5.96. The molecule has 2 bridgehead atoms. The average molecular weight is 309 g/mol. The van der Waals surface area contributed by atoms with E-state index in [-0.39, 0.29) is 11.9 Å². The number of nitrogens with zero attached hydrogens (tertiary/aromatic N) is 2. The molecule has 0 saturated carbocycles. The van der Waals surface area contributed by atoms with Crippen molar-refractivity contribution in [2.75, 3.05) is 26.2 Å². The quantitative estimate of drug-likeness (QED) is 0.905. The van der Waals surface area contributed by atoms with E-state index in [0.29, 0.717) is 23.5 Å². The van der Waals surface area contributed by atoms with Crippen LogP contribution in [0, 0.1) is 17.2 Å². The monoisotopic (exact) mass is 309 g/mol. The third kappa shape index (κ3) is 2.71. The van der Waals surface area contributed by atoms with Crippen LogP contribution in [0.1, 0.15) is 28.8 Å². The van der Waals surface area contributed by atoms with E-state index in [1.807, 2.05) is 0 Å². The summed E-state index contributed by atoms with van der Waals surface area (Å²) in [6.07, 6.45) is 4.08. The van der Waals surface area contributed by atoms with Gasteiger partial charge in [0.05, 0.1) is 11.6 Å². The third-order valence-corrected chi connectivity index (χ3v) is 4.98. The van der Waals surface area contributed by atoms with E-state index in [0.717, 1.165) is 31.0 Å². The van der Waals surface area contributed by atoms with Crippen LogP contribution in [-0.4, -0.2) is 43.1 Å². The van der Waals surface area contributed by atoms with Gasteiger partial charge in [0.25, 0.3) is 5.91 Å². The minimum Gasteiger partial charge on any atom is -0.489 e. The number of nitrogens with one attached hydrogen (secondary N) is 1. The average Bonchev–Trinajstić information content (AvgIpc) is 2.92. The molecule has 3 aliphatic heterocycles. The highest BCUT2D eigenvalue weighted by atomic mass is 16.5. The maximum Gasteiger partial charge on any atom is 0.251 e. The molecule has 23 heavy (non-hydrogen) atoms. The van der Waals surface area contributed by atoms with Crippen LogP contribution >= 0.6 is 0 Å². The van der Waals surface area contributed by atoms with Gasteiger partial charge in [-0.3, -0.25) is 4.79 Å². The lowest BCUT2D eigenvalue weighted by Crippen LogP contribution is -2.47. The van der Waals surface area contributed by atoms with Gasteiger partial charge in [-0.05, 0) is 49.6 Å². The molecular weight excluding hydrogens is 290 g/mol. The molecule has 1 amide bonds. The van der Waals surface area contributed by atoms with Crippen molar-refractivity contribution in [3.8, 4) is 11.8 Å². The van der Waals surface area contributed by atoms with Crippen LogP contribution in [0.15, 0.2) is 24.3 Å². The topological polar surface area (TPSA) is 65.4 Å². The molecule has 1 unspecified atom stereocenters. The lowest BCUT2D eigenvalue weighted by atomic mass is 9.96. The van der Waals surface area contributed by atoms with Crippen molar-refractivity contribution >= 4 is 11.5 Å². The van der Waals surface area contributed by atoms with Gasteiger partial charge in [-0.25, -0.2) is 0 Å². The molecule has 0 aliphatic carbocycles. The molecule has 118 valence electrons. The summed E-state index contributed by atoms with van der Waals surface area (Å²) in [7, 11) is 0. The Morgan fingerprint density at radius 3 is 3.13 bits per heavy atom. The third-order valence-electron chi connectivity index (χ3n) is 4.98. The van der Waals surface area contributed by atoms with E-state index < -0.39 is 0 Å². The first-order chi connectivity index (χ1) is 11.2. The molecule has 3 heterocycles. The van der Waals surface area contributed by atoms with Gasteiger partial charge >= 0.3 is 0 Å². The van der Waals surface area contributed by atoms with E-state index in [1.54, 1.807) is 24.3 Å². The number of carbonyl (C=O) groups is 1. The Bertz CT molecular complexity index is 707. The van der Waals surface area contributed by atoms with Crippen molar-refractivity contribution in [3.05, 3.63) is 35.4 Å². The molecule has 3 atom stereocenters. The molecule has 2 fully saturated rings. The van der Waals surface area contributed by atoms with Crippen LogP contribution in [-0.2, 0) is 0 Å². The summed E-state index contributed by atoms with van der Waals surface area (Å²) in [4.78, 5) is 14.9. The number of fused-ring (bicyclic) bond motifs is 3. The van der Waals surface area contributed by atoms with Gasteiger partial charge in [-0.1, -0.05) is 0 Å². The molecule has 3 aliphatic rings. The molecule has 2 saturated heterocycles. The van der Waals surface area contributed by atoms with E-state index in [2.05, 4.69) is 16.3 Å². The first-order valence-corrected chi connectivity index (χ1v) is 8.13. The summed E-state index contributed by atoms with van der Waals surface area (Å²) in [5.74, 6) is 1.28. The fourth-order valence-corrected chi connectivity index (χ4v) is 3.87. The van der Waals surface area contributed by atoms with Gasteiger partial charge in [-0.2, -0.15) is 5.26 Å². The predicted octanol–water partition coefficient (Wildman–Crippen LogP) is 1.81. The Labute approximate surface area is 135 Å². The minimum atomic E-state index is -0.0584. The largest absolute Gasteiger partial charge is 0.489 e. The Hall–Kier alpha value is -2.32. The second kappa shape index (κ2) is 5.71. The highest BCUT2D eigenvalue weighted by Gasteiger charge is 2.33. The smallest absolute Gasteiger partial charge is 0.251 e. The normalized spacial score (nSPS) is 28.1. The van der Waals surface area contributed by atoms with E-state index >= 15 is 0 Å². The Morgan fingerprint density at radius 2 is 2.30 bits per heavy atom. The summed E-state index contributed by atoms with van der Waals surface area (Å²) < 4.78 is 5.56. The summed E-state index contributed by atoms with van der Waals surface area (Å²) >= 11 is 0. The number of hydrogen-bond acceptors (Lipinski definition) is 4. The van der Waals surface area contributed by atoms with Gasteiger partial charge < -0.3 is 15.0 Å². The van der Waals surface area contributed by atoms with Crippen LogP contribution in [0.3, 0.4) is 0 Å². The van der Waals surface area contributed by atoms with Gasteiger partial charge in [0, 0.05) is 30.3 Å². The Balaban J connectivity index is 1.49. The first kappa shape index (κ1) is 14.3. The number of amides is 1. The maximum atomic E-state index is 12.5. The summed E-state index contributed by atoms with van der Waals surface area (Å²) in [5.41, 5.74) is 1.96. The lowest BCUT2D eigenvalue weighted by molar-refractivity contribution is 0.0909. The van der Waals surface area contributed by atoms with Crippen molar-refractivity contribution < 1.29 is 9.53 Å². The molecule has 5 nitrogen and oxygen atoms in total. The van der Waals surface area contributed by atoms with Crippen molar-refractivity contribution in [3.63, 3.8) is 0 Å². The first-order valence-electron chi connectivity index (χ1n) is 8.13. The van der Waals surface area contributed by atoms with Crippen molar-refractivity contribution in [2.24, 2.45) is 5.92 Å². The number of hydrogen-bond donors (Lipinski definition) is 1. The van der Waals surface area contributed by atoms with Crippen LogP contribution in [0.4, 0.5) is 0 Å². The minimum absolute atomic E-state index is 0.0584. The van der Waals surface area contributed by atoms with E-state index in [1.165, 1.54) is 13.0 Å². The van der Waals surface area contributed by atoms with Gasteiger partial charge in [0.1, 0.15) is 12.4 Å². The summed E-state index contributed by atoms with van der Waals surface area (Å²) in [6, 6.07) is 7.71.